The quantitative estimate of drug-likeness (QED) is 0.0117. The third-order valence-corrected chi connectivity index (χ3v) is 21.6. The Bertz CT molecular complexity index is 2120. The highest BCUT2D eigenvalue weighted by Gasteiger charge is 2.58. The molecule has 0 bridgehead atoms. The zero-order chi connectivity index (χ0) is 75.3. The second kappa shape index (κ2) is 59.8. The fourth-order valence-electron chi connectivity index (χ4n) is 13.9. The van der Waals surface area contributed by atoms with Gasteiger partial charge in [-0.3, -0.25) is 23.4 Å². The highest BCUT2D eigenvalue weighted by molar-refractivity contribution is 7.47. The van der Waals surface area contributed by atoms with E-state index in [0.29, 0.717) is 19.3 Å². The maximum atomic E-state index is 14.4. The van der Waals surface area contributed by atoms with Gasteiger partial charge >= 0.3 is 25.7 Å². The highest BCUT2D eigenvalue weighted by Crippen LogP contribution is 2.49. The molecule has 3 fully saturated rings. The van der Waals surface area contributed by atoms with Crippen LogP contribution >= 0.6 is 7.82 Å². The maximum Gasteiger partial charge on any atom is 0.472 e. The molecule has 0 aromatic rings. The predicted molar refractivity (Wildman–Crippen MR) is 393 cm³/mol. The number of aliphatic hydroxyl groups is 10. The summed E-state index contributed by atoms with van der Waals surface area (Å²) in [5.41, 5.74) is 0. The average molecular weight is 1500 g/mol. The standard InChI is InChI=1S/C78H147O24P/c1-4-7-10-13-16-19-22-25-28-30-33-35-37-40-43-46-49-52-62(80)94-56-59(97-64(82)54-51-48-45-42-39-36-32-29-26-23-20-17-14-11-8-5-2)57-96-103(92,93)102-76-74(100-77-72(90)67(85)65(83)60(55-79)98-77)70(88)69(87)71(89)75(76)101-78-73(91)68(86)66(84)61(99-78)58-95-63(81)53-50-47-44-41-38-34-31-27-24-21-18-15-12-9-6-3/h59-61,65-79,83-91H,4-58H2,1-3H3,(H,92,93). The third kappa shape index (κ3) is 42.1. The lowest BCUT2D eigenvalue weighted by Crippen LogP contribution is -2.69. The van der Waals surface area contributed by atoms with Crippen LogP contribution in [0.5, 0.6) is 0 Å². The van der Waals surface area contributed by atoms with Crippen LogP contribution in [-0.2, 0) is 61.2 Å². The Balaban J connectivity index is 1.69. The van der Waals surface area contributed by atoms with Crippen molar-refractivity contribution >= 4 is 25.7 Å². The van der Waals surface area contributed by atoms with Crippen molar-refractivity contribution in [2.75, 3.05) is 26.4 Å². The molecule has 25 heteroatoms. The van der Waals surface area contributed by atoms with Gasteiger partial charge in [-0.2, -0.15) is 0 Å². The van der Waals surface area contributed by atoms with Crippen LogP contribution in [0.3, 0.4) is 0 Å². The molecule has 2 aliphatic heterocycles. The van der Waals surface area contributed by atoms with E-state index in [9.17, 15) is 74.9 Å². The molecule has 11 N–H and O–H groups in total. The molecule has 1 saturated carbocycles. The Kier molecular flexibility index (Phi) is 55.2. The zero-order valence-electron chi connectivity index (χ0n) is 63.9. The van der Waals surface area contributed by atoms with E-state index < -0.39 is 156 Å². The summed E-state index contributed by atoms with van der Waals surface area (Å²) >= 11 is 0. The summed E-state index contributed by atoms with van der Waals surface area (Å²) in [4.78, 5) is 51.2. The fraction of sp³-hybridized carbons (Fsp3) is 0.962. The SMILES string of the molecule is CCCCCCCCCCCCCCCCCCCC(=O)OCC(COP(=O)(O)OC1C(OC2OC(CO)C(O)C(O)C2O)C(O)C(O)C(O)C1OC1OC(COC(=O)CCCCCCCCCCCCCCCCC)C(O)C(O)C1O)OC(=O)CCCCCCCCCCCCCCCCCC. The molecule has 3 rings (SSSR count). The number of esters is 3. The molecule has 24 nitrogen and oxygen atoms in total. The first kappa shape index (κ1) is 95.2. The lowest BCUT2D eigenvalue weighted by Gasteiger charge is -2.49. The van der Waals surface area contributed by atoms with Crippen molar-refractivity contribution in [1.82, 2.24) is 0 Å². The van der Waals surface area contributed by atoms with E-state index in [0.717, 1.165) is 89.9 Å². The first-order valence-electron chi connectivity index (χ1n) is 41.3. The van der Waals surface area contributed by atoms with E-state index in [2.05, 4.69) is 20.8 Å². The van der Waals surface area contributed by atoms with Gasteiger partial charge in [0.05, 0.1) is 13.2 Å². The number of rotatable bonds is 66. The number of phosphoric ester groups is 1. The number of ether oxygens (including phenoxy) is 7. The number of aliphatic hydroxyl groups excluding tert-OH is 10. The van der Waals surface area contributed by atoms with Crippen LogP contribution in [0.25, 0.3) is 0 Å². The number of carbonyl (C=O) groups is 3. The summed E-state index contributed by atoms with van der Waals surface area (Å²) in [5.74, 6) is -1.96. The summed E-state index contributed by atoms with van der Waals surface area (Å²) in [6.07, 6.45) is 19.9. The van der Waals surface area contributed by atoms with Gasteiger partial charge in [-0.25, -0.2) is 4.57 Å². The smallest absolute Gasteiger partial charge is 0.463 e. The molecule has 103 heavy (non-hydrogen) atoms. The number of unbranched alkanes of at least 4 members (excludes halogenated alkanes) is 45. The molecule has 0 amide bonds. The molecule has 0 aromatic heterocycles. The molecule has 0 aromatic carbocycles. The van der Waals surface area contributed by atoms with Crippen molar-refractivity contribution in [2.24, 2.45) is 0 Å². The van der Waals surface area contributed by atoms with Crippen molar-refractivity contribution in [2.45, 2.75) is 452 Å². The number of hydrogen-bond donors (Lipinski definition) is 11. The van der Waals surface area contributed by atoms with Crippen LogP contribution < -0.4 is 0 Å². The summed E-state index contributed by atoms with van der Waals surface area (Å²) in [7, 11) is -5.70. The monoisotopic (exact) mass is 1500 g/mol. The van der Waals surface area contributed by atoms with Gasteiger partial charge in [-0.1, -0.05) is 310 Å². The molecule has 0 radical (unpaired) electrons. The minimum absolute atomic E-state index is 0.0325. The van der Waals surface area contributed by atoms with Gasteiger partial charge in [-0.05, 0) is 19.3 Å². The van der Waals surface area contributed by atoms with Crippen LogP contribution in [-0.4, -0.2) is 204 Å². The number of phosphoric acid groups is 1. The lowest BCUT2D eigenvalue weighted by molar-refractivity contribution is -0.360. The topological polar surface area (TPSA) is 374 Å². The van der Waals surface area contributed by atoms with Crippen LogP contribution in [0.4, 0.5) is 0 Å². The van der Waals surface area contributed by atoms with E-state index in [1.807, 2.05) is 0 Å². The molecule has 608 valence electrons. The first-order valence-corrected chi connectivity index (χ1v) is 42.8. The summed E-state index contributed by atoms with van der Waals surface area (Å²) < 4.78 is 65.3. The average Bonchev–Trinajstić information content (AvgIpc) is 0.762. The van der Waals surface area contributed by atoms with Gasteiger partial charge in [0, 0.05) is 19.3 Å². The van der Waals surface area contributed by atoms with Crippen LogP contribution in [0, 0.1) is 0 Å². The molecular weight excluding hydrogens is 1350 g/mol. The summed E-state index contributed by atoms with van der Waals surface area (Å²) in [5, 5.41) is 110. The molecule has 18 atom stereocenters. The highest BCUT2D eigenvalue weighted by atomic mass is 31.2. The van der Waals surface area contributed by atoms with Gasteiger partial charge in [0.15, 0.2) is 18.7 Å². The molecule has 1 aliphatic carbocycles. The Hall–Kier alpha value is -2.04. The van der Waals surface area contributed by atoms with E-state index in [-0.39, 0.29) is 19.3 Å². The van der Waals surface area contributed by atoms with Crippen molar-refractivity contribution in [1.29, 1.82) is 0 Å². The Morgan fingerprint density at radius 3 is 0.951 bits per heavy atom. The van der Waals surface area contributed by atoms with Crippen LogP contribution in [0.1, 0.15) is 348 Å². The minimum atomic E-state index is -5.70. The van der Waals surface area contributed by atoms with Gasteiger partial charge < -0.3 is 89.1 Å². The minimum Gasteiger partial charge on any atom is -0.463 e. The Morgan fingerprint density at radius 2 is 0.621 bits per heavy atom. The Labute approximate surface area is 619 Å². The van der Waals surface area contributed by atoms with E-state index in [1.165, 1.54) is 199 Å². The molecule has 2 heterocycles. The second-order valence-corrected chi connectivity index (χ2v) is 31.3. The van der Waals surface area contributed by atoms with Crippen molar-refractivity contribution < 1.29 is 117 Å². The molecule has 3 aliphatic rings. The van der Waals surface area contributed by atoms with Gasteiger partial charge in [0.25, 0.3) is 0 Å². The summed E-state index contributed by atoms with van der Waals surface area (Å²) in [6.45, 7) is 3.52. The first-order chi connectivity index (χ1) is 49.8. The van der Waals surface area contributed by atoms with Gasteiger partial charge in [0.1, 0.15) is 98.7 Å². The predicted octanol–water partition coefficient (Wildman–Crippen LogP) is 12.9. The molecule has 0 spiro atoms. The fourth-order valence-corrected chi connectivity index (χ4v) is 14.9. The van der Waals surface area contributed by atoms with Crippen LogP contribution in [0.15, 0.2) is 0 Å². The van der Waals surface area contributed by atoms with Crippen molar-refractivity contribution in [3.63, 3.8) is 0 Å². The van der Waals surface area contributed by atoms with E-state index in [1.54, 1.807) is 0 Å². The second-order valence-electron chi connectivity index (χ2n) is 29.9. The normalized spacial score (nSPS) is 26.8. The largest absolute Gasteiger partial charge is 0.472 e. The van der Waals surface area contributed by atoms with E-state index >= 15 is 0 Å². The number of hydrogen-bond acceptors (Lipinski definition) is 23. The Morgan fingerprint density at radius 1 is 0.340 bits per heavy atom. The maximum absolute atomic E-state index is 14.4. The van der Waals surface area contributed by atoms with Gasteiger partial charge in [0.2, 0.25) is 0 Å². The zero-order valence-corrected chi connectivity index (χ0v) is 64.8. The number of carbonyl (C=O) groups excluding carboxylic acids is 3. The summed E-state index contributed by atoms with van der Waals surface area (Å²) in [6, 6.07) is 0. The lowest BCUT2D eigenvalue weighted by atomic mass is 9.84. The molecular formula is C78H147O24P. The van der Waals surface area contributed by atoms with E-state index in [4.69, 9.17) is 42.2 Å². The van der Waals surface area contributed by atoms with Crippen molar-refractivity contribution in [3.05, 3.63) is 0 Å². The molecule has 18 unspecified atom stereocenters. The van der Waals surface area contributed by atoms with Crippen molar-refractivity contribution in [3.8, 4) is 0 Å². The van der Waals surface area contributed by atoms with Gasteiger partial charge in [-0.15, -0.1) is 0 Å². The van der Waals surface area contributed by atoms with Crippen LogP contribution in [0.2, 0.25) is 0 Å². The molecule has 2 saturated heterocycles. The third-order valence-electron chi connectivity index (χ3n) is 20.6.